The zero-order valence-corrected chi connectivity index (χ0v) is 14.0. The van der Waals surface area contributed by atoms with Gasteiger partial charge in [-0.3, -0.25) is 4.79 Å². The summed E-state index contributed by atoms with van der Waals surface area (Å²) in [5.74, 6) is 0.767. The van der Waals surface area contributed by atoms with Gasteiger partial charge in [0.15, 0.2) is 0 Å². The summed E-state index contributed by atoms with van der Waals surface area (Å²) < 4.78 is 16.8. The highest BCUT2D eigenvalue weighted by atomic mass is 16.6. The molecule has 128 valence electrons. The van der Waals surface area contributed by atoms with Gasteiger partial charge < -0.3 is 24.8 Å². The van der Waals surface area contributed by atoms with Crippen LogP contribution >= 0.6 is 0 Å². The zero-order valence-electron chi connectivity index (χ0n) is 14.0. The second-order valence-electron chi connectivity index (χ2n) is 5.71. The van der Waals surface area contributed by atoms with E-state index in [0.29, 0.717) is 13.2 Å². The van der Waals surface area contributed by atoms with Crippen molar-refractivity contribution in [2.24, 2.45) is 0 Å². The van der Waals surface area contributed by atoms with Crippen molar-refractivity contribution in [1.29, 1.82) is 0 Å². The Morgan fingerprint density at radius 2 is 1.96 bits per heavy atom. The Kier molecular flexibility index (Phi) is 6.83. The Morgan fingerprint density at radius 1 is 1.26 bits per heavy atom. The second-order valence-corrected chi connectivity index (χ2v) is 5.71. The molecular formula is C17H26N2O4. The molecule has 0 unspecified atom stereocenters. The van der Waals surface area contributed by atoms with Gasteiger partial charge in [-0.2, -0.15) is 0 Å². The van der Waals surface area contributed by atoms with E-state index in [2.05, 4.69) is 10.6 Å². The fourth-order valence-corrected chi connectivity index (χ4v) is 2.60. The lowest BCUT2D eigenvalue weighted by Gasteiger charge is -2.21. The minimum absolute atomic E-state index is 0.00882. The molecule has 1 aromatic carbocycles. The molecule has 1 fully saturated rings. The number of methoxy groups -OCH3 is 1. The van der Waals surface area contributed by atoms with Crippen molar-refractivity contribution in [1.82, 2.24) is 10.6 Å². The number of benzene rings is 1. The Bertz CT molecular complexity index is 492. The van der Waals surface area contributed by atoms with Crippen molar-refractivity contribution >= 4 is 5.91 Å². The monoisotopic (exact) mass is 322 g/mol. The van der Waals surface area contributed by atoms with Crippen LogP contribution in [0.15, 0.2) is 24.3 Å². The van der Waals surface area contributed by atoms with Crippen molar-refractivity contribution < 1.29 is 19.0 Å². The molecule has 0 radical (unpaired) electrons. The van der Waals surface area contributed by atoms with Crippen LogP contribution in [0.3, 0.4) is 0 Å². The molecular weight excluding hydrogens is 296 g/mol. The van der Waals surface area contributed by atoms with Gasteiger partial charge in [0.1, 0.15) is 18.0 Å². The molecule has 23 heavy (non-hydrogen) atoms. The number of hydrogen-bond donors (Lipinski definition) is 2. The first-order chi connectivity index (χ1) is 11.1. The van der Waals surface area contributed by atoms with Gasteiger partial charge in [-0.05, 0) is 24.6 Å². The number of amides is 1. The maximum absolute atomic E-state index is 11.1. The minimum atomic E-state index is -0.0362. The number of ether oxygens (including phenoxy) is 3. The SMILES string of the molecule is COCCO[C@H]1CNC[C@@H]1Oc1ccc([C@H](C)NC(C)=O)cc1. The first kappa shape index (κ1) is 17.7. The summed E-state index contributed by atoms with van der Waals surface area (Å²) >= 11 is 0. The van der Waals surface area contributed by atoms with Crippen LogP contribution in [0.25, 0.3) is 0 Å². The van der Waals surface area contributed by atoms with Gasteiger partial charge in [-0.15, -0.1) is 0 Å². The average Bonchev–Trinajstić information content (AvgIpc) is 2.95. The van der Waals surface area contributed by atoms with Crippen molar-refractivity contribution in [2.45, 2.75) is 32.1 Å². The third-order valence-electron chi connectivity index (χ3n) is 3.81. The normalized spacial score (nSPS) is 21.9. The van der Waals surface area contributed by atoms with Crippen LogP contribution < -0.4 is 15.4 Å². The van der Waals surface area contributed by atoms with Crippen molar-refractivity contribution in [3.63, 3.8) is 0 Å². The molecule has 0 spiro atoms. The number of nitrogens with one attached hydrogen (secondary N) is 2. The molecule has 1 heterocycles. The molecule has 1 aliphatic rings. The Hall–Kier alpha value is -1.63. The van der Waals surface area contributed by atoms with Crippen molar-refractivity contribution in [2.75, 3.05) is 33.4 Å². The van der Waals surface area contributed by atoms with E-state index in [4.69, 9.17) is 14.2 Å². The fourth-order valence-electron chi connectivity index (χ4n) is 2.60. The van der Waals surface area contributed by atoms with E-state index in [1.807, 2.05) is 31.2 Å². The zero-order chi connectivity index (χ0) is 16.7. The molecule has 2 rings (SSSR count). The molecule has 1 amide bonds. The van der Waals surface area contributed by atoms with Crippen LogP contribution in [-0.4, -0.2) is 51.5 Å². The van der Waals surface area contributed by atoms with E-state index < -0.39 is 0 Å². The summed E-state index contributed by atoms with van der Waals surface area (Å²) in [6, 6.07) is 7.79. The predicted molar refractivity (Wildman–Crippen MR) is 87.6 cm³/mol. The minimum Gasteiger partial charge on any atom is -0.486 e. The summed E-state index contributed by atoms with van der Waals surface area (Å²) in [6.45, 7) is 6.17. The number of hydrogen-bond acceptors (Lipinski definition) is 5. The van der Waals surface area contributed by atoms with Gasteiger partial charge in [0.25, 0.3) is 0 Å². The molecule has 1 aromatic rings. The Balaban J connectivity index is 1.88. The first-order valence-corrected chi connectivity index (χ1v) is 7.95. The maximum atomic E-state index is 11.1. The molecule has 3 atom stereocenters. The van der Waals surface area contributed by atoms with Crippen LogP contribution in [0.5, 0.6) is 5.75 Å². The van der Waals surface area contributed by atoms with Gasteiger partial charge in [0.2, 0.25) is 5.91 Å². The molecule has 0 aromatic heterocycles. The lowest BCUT2D eigenvalue weighted by Crippen LogP contribution is -2.33. The standard InChI is InChI=1S/C17H26N2O4/c1-12(19-13(2)20)14-4-6-15(7-5-14)23-17-11-18-10-16(17)22-9-8-21-3/h4-7,12,16-18H,8-11H2,1-3H3,(H,19,20)/t12-,16-,17-/m0/s1. The van der Waals surface area contributed by atoms with Crippen LogP contribution in [-0.2, 0) is 14.3 Å². The van der Waals surface area contributed by atoms with E-state index in [1.54, 1.807) is 7.11 Å². The van der Waals surface area contributed by atoms with Crippen LogP contribution in [0, 0.1) is 0 Å². The Morgan fingerprint density at radius 3 is 2.61 bits per heavy atom. The molecule has 6 heteroatoms. The summed E-state index contributed by atoms with van der Waals surface area (Å²) in [6.07, 6.45) is 0.0219. The first-order valence-electron chi connectivity index (χ1n) is 7.95. The van der Waals surface area contributed by atoms with Gasteiger partial charge >= 0.3 is 0 Å². The number of carbonyl (C=O) groups is 1. The van der Waals surface area contributed by atoms with Crippen LogP contribution in [0.2, 0.25) is 0 Å². The van der Waals surface area contributed by atoms with E-state index in [0.717, 1.165) is 24.4 Å². The summed E-state index contributed by atoms with van der Waals surface area (Å²) in [5.41, 5.74) is 1.05. The van der Waals surface area contributed by atoms with Gasteiger partial charge in [0, 0.05) is 27.1 Å². The fraction of sp³-hybridized carbons (Fsp3) is 0.588. The van der Waals surface area contributed by atoms with Gasteiger partial charge in [-0.1, -0.05) is 12.1 Å². The van der Waals surface area contributed by atoms with E-state index in [9.17, 15) is 4.79 Å². The van der Waals surface area contributed by atoms with Crippen LogP contribution in [0.1, 0.15) is 25.5 Å². The van der Waals surface area contributed by atoms with E-state index >= 15 is 0 Å². The lowest BCUT2D eigenvalue weighted by molar-refractivity contribution is -0.119. The second kappa shape index (κ2) is 8.86. The van der Waals surface area contributed by atoms with E-state index in [-0.39, 0.29) is 24.2 Å². The third-order valence-corrected chi connectivity index (χ3v) is 3.81. The highest BCUT2D eigenvalue weighted by Gasteiger charge is 2.29. The topological polar surface area (TPSA) is 68.8 Å². The van der Waals surface area contributed by atoms with E-state index in [1.165, 1.54) is 6.92 Å². The van der Waals surface area contributed by atoms with Gasteiger partial charge in [0.05, 0.1) is 19.3 Å². The van der Waals surface area contributed by atoms with Crippen molar-refractivity contribution in [3.8, 4) is 5.75 Å². The molecule has 0 saturated carbocycles. The van der Waals surface area contributed by atoms with Crippen molar-refractivity contribution in [3.05, 3.63) is 29.8 Å². The smallest absolute Gasteiger partial charge is 0.217 e. The molecule has 2 N–H and O–H groups in total. The summed E-state index contributed by atoms with van der Waals surface area (Å²) in [4.78, 5) is 11.1. The maximum Gasteiger partial charge on any atom is 0.217 e. The quantitative estimate of drug-likeness (QED) is 0.706. The molecule has 0 bridgehead atoms. The molecule has 0 aliphatic carbocycles. The summed E-state index contributed by atoms with van der Waals surface area (Å²) in [5, 5.41) is 6.15. The lowest BCUT2D eigenvalue weighted by atomic mass is 10.1. The highest BCUT2D eigenvalue weighted by Crippen LogP contribution is 2.20. The highest BCUT2D eigenvalue weighted by molar-refractivity contribution is 5.73. The molecule has 1 aliphatic heterocycles. The molecule has 6 nitrogen and oxygen atoms in total. The molecule has 1 saturated heterocycles. The Labute approximate surface area is 137 Å². The predicted octanol–water partition coefficient (Wildman–Crippen LogP) is 1.27. The third kappa shape index (κ3) is 5.49. The summed E-state index contributed by atoms with van der Waals surface area (Å²) in [7, 11) is 1.66. The largest absolute Gasteiger partial charge is 0.486 e. The number of carbonyl (C=O) groups excluding carboxylic acids is 1. The van der Waals surface area contributed by atoms with Crippen LogP contribution in [0.4, 0.5) is 0 Å². The average molecular weight is 322 g/mol. The van der Waals surface area contributed by atoms with Gasteiger partial charge in [-0.25, -0.2) is 0 Å². The number of rotatable bonds is 8.